The first-order valence-corrected chi connectivity index (χ1v) is 2.59. The van der Waals surface area contributed by atoms with Crippen molar-refractivity contribution < 1.29 is 18.3 Å². The van der Waals surface area contributed by atoms with Gasteiger partial charge in [-0.05, 0) is 13.8 Å². The van der Waals surface area contributed by atoms with E-state index in [4.69, 9.17) is 5.11 Å². The number of aliphatic hydroxyl groups is 1. The second-order valence-corrected chi connectivity index (χ2v) is 1.97. The van der Waals surface area contributed by atoms with Crippen LogP contribution in [0.1, 0.15) is 13.8 Å². The molecule has 56 valence electrons. The van der Waals surface area contributed by atoms with Crippen molar-refractivity contribution in [3.8, 4) is 0 Å². The molecule has 0 aliphatic heterocycles. The third-order valence-corrected chi connectivity index (χ3v) is 1.09. The van der Waals surface area contributed by atoms with Crippen molar-refractivity contribution in [3.05, 3.63) is 0 Å². The summed E-state index contributed by atoms with van der Waals surface area (Å²) in [5, 5.41) is 8.26. The van der Waals surface area contributed by atoms with E-state index in [1.807, 2.05) is 0 Å². The van der Waals surface area contributed by atoms with E-state index in [9.17, 15) is 13.2 Å². The zero-order valence-corrected chi connectivity index (χ0v) is 5.24. The Kier molecular flexibility index (Phi) is 2.49. The monoisotopic (exact) mass is 142 g/mol. The molecule has 9 heavy (non-hydrogen) atoms. The first-order valence-electron chi connectivity index (χ1n) is 2.59. The summed E-state index contributed by atoms with van der Waals surface area (Å²) in [7, 11) is 0. The molecule has 0 fully saturated rings. The maximum atomic E-state index is 12.0. The summed E-state index contributed by atoms with van der Waals surface area (Å²) in [6.45, 7) is 1.57. The minimum atomic E-state index is -3.61. The van der Waals surface area contributed by atoms with E-state index in [2.05, 4.69) is 0 Å². The summed E-state index contributed by atoms with van der Waals surface area (Å²) in [6.07, 6.45) is -4.21. The van der Waals surface area contributed by atoms with Gasteiger partial charge in [-0.3, -0.25) is 0 Å². The maximum Gasteiger partial charge on any atom is 0.303 e. The van der Waals surface area contributed by atoms with E-state index in [1.165, 1.54) is 0 Å². The van der Waals surface area contributed by atoms with Crippen LogP contribution < -0.4 is 0 Å². The summed E-state index contributed by atoms with van der Waals surface area (Å²) in [5.41, 5.74) is 0. The van der Waals surface area contributed by atoms with Crippen LogP contribution in [0.3, 0.4) is 0 Å². The van der Waals surface area contributed by atoms with Crippen molar-refractivity contribution in [1.82, 2.24) is 0 Å². The standard InChI is InChI=1S/C5H9F3O/c1-3(6)5(7,8)4(2)9/h3-4,9H,1-2H3. The van der Waals surface area contributed by atoms with E-state index in [0.29, 0.717) is 6.92 Å². The predicted octanol–water partition coefficient (Wildman–Crippen LogP) is 1.36. The zero-order valence-electron chi connectivity index (χ0n) is 5.24. The van der Waals surface area contributed by atoms with Crippen LogP contribution >= 0.6 is 0 Å². The van der Waals surface area contributed by atoms with Gasteiger partial charge in [0.25, 0.3) is 0 Å². The topological polar surface area (TPSA) is 20.2 Å². The van der Waals surface area contributed by atoms with Crippen LogP contribution in [0.25, 0.3) is 0 Å². The molecule has 0 aromatic heterocycles. The maximum absolute atomic E-state index is 12.0. The first-order chi connectivity index (χ1) is 3.89. The van der Waals surface area contributed by atoms with Gasteiger partial charge in [0.1, 0.15) is 6.10 Å². The van der Waals surface area contributed by atoms with Crippen molar-refractivity contribution in [2.75, 3.05) is 0 Å². The average Bonchev–Trinajstić information content (AvgIpc) is 1.65. The first kappa shape index (κ1) is 8.75. The minimum absolute atomic E-state index is 0.715. The number of hydrogen-bond acceptors (Lipinski definition) is 1. The van der Waals surface area contributed by atoms with Gasteiger partial charge in [0.05, 0.1) is 0 Å². The van der Waals surface area contributed by atoms with Gasteiger partial charge in [0.15, 0.2) is 6.17 Å². The molecule has 0 aromatic carbocycles. The van der Waals surface area contributed by atoms with Gasteiger partial charge in [-0.15, -0.1) is 0 Å². The Balaban J connectivity index is 4.01. The van der Waals surface area contributed by atoms with Crippen molar-refractivity contribution in [2.45, 2.75) is 32.0 Å². The van der Waals surface area contributed by atoms with Gasteiger partial charge in [0, 0.05) is 0 Å². The molecule has 0 radical (unpaired) electrons. The molecular weight excluding hydrogens is 133 g/mol. The Morgan fingerprint density at radius 2 is 1.67 bits per heavy atom. The molecule has 2 atom stereocenters. The summed E-state index contributed by atoms with van der Waals surface area (Å²) in [4.78, 5) is 0. The van der Waals surface area contributed by atoms with Crippen LogP contribution in [0.4, 0.5) is 13.2 Å². The van der Waals surface area contributed by atoms with E-state index >= 15 is 0 Å². The highest BCUT2D eigenvalue weighted by Crippen LogP contribution is 2.24. The highest BCUT2D eigenvalue weighted by atomic mass is 19.3. The third kappa shape index (κ3) is 1.86. The van der Waals surface area contributed by atoms with Crippen LogP contribution in [0.5, 0.6) is 0 Å². The molecule has 0 rings (SSSR count). The predicted molar refractivity (Wildman–Crippen MR) is 27.2 cm³/mol. The third-order valence-electron chi connectivity index (χ3n) is 1.09. The molecule has 4 heteroatoms. The molecule has 0 amide bonds. The smallest absolute Gasteiger partial charge is 0.303 e. The zero-order chi connectivity index (χ0) is 7.65. The fraction of sp³-hybridized carbons (Fsp3) is 1.00. The molecule has 1 nitrogen and oxygen atoms in total. The normalized spacial score (nSPS) is 19.3. The Bertz CT molecular complexity index is 80.2. The van der Waals surface area contributed by atoms with Crippen LogP contribution in [-0.4, -0.2) is 23.3 Å². The van der Waals surface area contributed by atoms with Gasteiger partial charge >= 0.3 is 5.92 Å². The number of rotatable bonds is 2. The number of aliphatic hydroxyl groups excluding tert-OH is 1. The lowest BCUT2D eigenvalue weighted by Gasteiger charge is -2.19. The average molecular weight is 142 g/mol. The Labute approximate surface area is 51.5 Å². The van der Waals surface area contributed by atoms with Crippen LogP contribution in [0.15, 0.2) is 0 Å². The number of alkyl halides is 3. The van der Waals surface area contributed by atoms with Gasteiger partial charge < -0.3 is 5.11 Å². The lowest BCUT2D eigenvalue weighted by Crippen LogP contribution is -2.38. The van der Waals surface area contributed by atoms with Crippen molar-refractivity contribution >= 4 is 0 Å². The lowest BCUT2D eigenvalue weighted by molar-refractivity contribution is -0.142. The quantitative estimate of drug-likeness (QED) is 0.617. The van der Waals surface area contributed by atoms with E-state index in [-0.39, 0.29) is 0 Å². The highest BCUT2D eigenvalue weighted by Gasteiger charge is 2.41. The molecule has 1 N–H and O–H groups in total. The fourth-order valence-corrected chi connectivity index (χ4v) is 0.332. The van der Waals surface area contributed by atoms with E-state index < -0.39 is 18.2 Å². The number of halogens is 3. The molecule has 2 unspecified atom stereocenters. The van der Waals surface area contributed by atoms with Crippen LogP contribution in [0, 0.1) is 0 Å². The van der Waals surface area contributed by atoms with Crippen LogP contribution in [-0.2, 0) is 0 Å². The molecule has 0 spiro atoms. The van der Waals surface area contributed by atoms with Crippen molar-refractivity contribution in [1.29, 1.82) is 0 Å². The molecule has 0 saturated heterocycles. The summed E-state index contributed by atoms with van der Waals surface area (Å²) in [5.74, 6) is -3.61. The van der Waals surface area contributed by atoms with Gasteiger partial charge in [-0.2, -0.15) is 0 Å². The Morgan fingerprint density at radius 1 is 1.33 bits per heavy atom. The van der Waals surface area contributed by atoms with Gasteiger partial charge in [-0.25, -0.2) is 13.2 Å². The molecule has 0 aliphatic rings. The van der Waals surface area contributed by atoms with E-state index in [0.717, 1.165) is 6.92 Å². The minimum Gasteiger partial charge on any atom is -0.387 e. The second-order valence-electron chi connectivity index (χ2n) is 1.97. The highest BCUT2D eigenvalue weighted by molar-refractivity contribution is 4.78. The van der Waals surface area contributed by atoms with E-state index in [1.54, 1.807) is 0 Å². The molecule has 0 aromatic rings. The second kappa shape index (κ2) is 2.56. The molecule has 0 saturated carbocycles. The number of hydrogen-bond donors (Lipinski definition) is 1. The lowest BCUT2D eigenvalue weighted by atomic mass is 10.1. The Hall–Kier alpha value is -0.250. The van der Waals surface area contributed by atoms with Gasteiger partial charge in [0.2, 0.25) is 0 Å². The molecule has 0 aliphatic carbocycles. The summed E-state index contributed by atoms with van der Waals surface area (Å²) >= 11 is 0. The van der Waals surface area contributed by atoms with Gasteiger partial charge in [-0.1, -0.05) is 0 Å². The Morgan fingerprint density at radius 3 is 1.67 bits per heavy atom. The fourth-order valence-electron chi connectivity index (χ4n) is 0.332. The van der Waals surface area contributed by atoms with Crippen LogP contribution in [0.2, 0.25) is 0 Å². The molecular formula is C5H9F3O. The molecule has 0 bridgehead atoms. The summed E-state index contributed by atoms with van der Waals surface area (Å²) in [6, 6.07) is 0. The SMILES string of the molecule is CC(O)C(F)(F)C(C)F. The molecule has 0 heterocycles. The van der Waals surface area contributed by atoms with Crippen molar-refractivity contribution in [2.24, 2.45) is 0 Å². The summed E-state index contributed by atoms with van der Waals surface area (Å²) < 4.78 is 35.9. The van der Waals surface area contributed by atoms with Crippen molar-refractivity contribution in [3.63, 3.8) is 0 Å². The largest absolute Gasteiger partial charge is 0.387 e.